The van der Waals surface area contributed by atoms with Crippen LogP contribution in [-0.2, 0) is 20.2 Å². The molecule has 0 N–H and O–H groups in total. The van der Waals surface area contributed by atoms with Crippen molar-refractivity contribution in [1.29, 1.82) is 0 Å². The molecule has 0 atom stereocenters. The van der Waals surface area contributed by atoms with Crippen molar-refractivity contribution in [2.75, 3.05) is 52.4 Å². The lowest BCUT2D eigenvalue weighted by Crippen LogP contribution is -2.54. The van der Waals surface area contributed by atoms with Crippen LogP contribution in [0.4, 0.5) is 0 Å². The highest BCUT2D eigenvalue weighted by Gasteiger charge is 2.33. The second-order valence-electron chi connectivity index (χ2n) is 8.39. The smallest absolute Gasteiger partial charge is 0.282 e. The van der Waals surface area contributed by atoms with Gasteiger partial charge >= 0.3 is 0 Å². The molecule has 0 unspecified atom stereocenters. The molecule has 11 heteroatoms. The maximum Gasteiger partial charge on any atom is 0.282 e. The van der Waals surface area contributed by atoms with Crippen LogP contribution >= 0.6 is 0 Å². The Morgan fingerprint density at radius 2 is 1.41 bits per heavy atom. The van der Waals surface area contributed by atoms with Gasteiger partial charge in [-0.3, -0.25) is 4.79 Å². The van der Waals surface area contributed by atoms with Gasteiger partial charge in [0, 0.05) is 57.9 Å². The van der Waals surface area contributed by atoms with Crippen LogP contribution in [0.1, 0.15) is 44.0 Å². The number of amides is 1. The highest BCUT2D eigenvalue weighted by Crippen LogP contribution is 2.24. The minimum absolute atomic E-state index is 0.193. The van der Waals surface area contributed by atoms with Gasteiger partial charge in [0.25, 0.3) is 16.1 Å². The van der Waals surface area contributed by atoms with Crippen molar-refractivity contribution in [3.63, 3.8) is 0 Å². The normalized spacial score (nSPS) is 20.1. The molecule has 1 amide bonds. The number of rotatable bonds is 7. The summed E-state index contributed by atoms with van der Waals surface area (Å²) in [6.45, 7) is 8.66. The summed E-state index contributed by atoms with van der Waals surface area (Å²) in [5, 5.41) is 0. The quantitative estimate of drug-likeness (QED) is 0.581. The van der Waals surface area contributed by atoms with Crippen LogP contribution in [0, 0.1) is 5.92 Å². The van der Waals surface area contributed by atoms with E-state index in [9.17, 15) is 21.6 Å². The third kappa shape index (κ3) is 5.17. The van der Waals surface area contributed by atoms with Crippen molar-refractivity contribution in [3.05, 3.63) is 29.8 Å². The van der Waals surface area contributed by atoms with Gasteiger partial charge in [0.15, 0.2) is 0 Å². The summed E-state index contributed by atoms with van der Waals surface area (Å²) < 4.78 is 55.4. The highest BCUT2D eigenvalue weighted by atomic mass is 32.2. The highest BCUT2D eigenvalue weighted by molar-refractivity contribution is 7.89. The number of sulfonamides is 1. The van der Waals surface area contributed by atoms with Crippen LogP contribution in [0.2, 0.25) is 0 Å². The minimum Gasteiger partial charge on any atom is -0.336 e. The molecule has 0 radical (unpaired) electrons. The molecule has 32 heavy (non-hydrogen) atoms. The van der Waals surface area contributed by atoms with Gasteiger partial charge in [-0.25, -0.2) is 8.42 Å². The zero-order valence-corrected chi connectivity index (χ0v) is 20.7. The van der Waals surface area contributed by atoms with E-state index in [2.05, 4.69) is 6.92 Å². The number of carbonyl (C=O) groups is 1. The molecule has 3 rings (SSSR count). The molecule has 2 heterocycles. The molecule has 2 fully saturated rings. The maximum atomic E-state index is 12.9. The van der Waals surface area contributed by atoms with Crippen LogP contribution in [0.3, 0.4) is 0 Å². The lowest BCUT2D eigenvalue weighted by molar-refractivity contribution is 0.0694. The third-order valence-corrected chi connectivity index (χ3v) is 10.5. The Morgan fingerprint density at radius 3 is 1.91 bits per heavy atom. The Hall–Kier alpha value is -1.53. The van der Waals surface area contributed by atoms with E-state index in [1.54, 1.807) is 30.9 Å². The van der Waals surface area contributed by atoms with E-state index < -0.39 is 20.2 Å². The number of piperazine rings is 1. The topological polar surface area (TPSA) is 98.3 Å². The Balaban J connectivity index is 1.63. The summed E-state index contributed by atoms with van der Waals surface area (Å²) in [6.07, 6.45) is 1.71. The first-order valence-corrected chi connectivity index (χ1v) is 14.1. The van der Waals surface area contributed by atoms with E-state index >= 15 is 0 Å². The first-order valence-electron chi connectivity index (χ1n) is 11.3. The van der Waals surface area contributed by atoms with E-state index in [1.165, 1.54) is 25.0 Å². The van der Waals surface area contributed by atoms with Gasteiger partial charge in [-0.15, -0.1) is 0 Å². The summed E-state index contributed by atoms with van der Waals surface area (Å²) in [5.41, 5.74) is 0.399. The zero-order chi connectivity index (χ0) is 23.5. The van der Waals surface area contributed by atoms with E-state index in [0.29, 0.717) is 50.7 Å². The number of hydrogen-bond donors (Lipinski definition) is 0. The third-order valence-electron chi connectivity index (χ3n) is 6.37. The second kappa shape index (κ2) is 10.2. The number of benzene rings is 1. The summed E-state index contributed by atoms with van der Waals surface area (Å²) >= 11 is 0. The predicted molar refractivity (Wildman–Crippen MR) is 123 cm³/mol. The molecule has 9 nitrogen and oxygen atoms in total. The fourth-order valence-electron chi connectivity index (χ4n) is 4.16. The average molecular weight is 487 g/mol. The minimum atomic E-state index is -3.56. The van der Waals surface area contributed by atoms with Gasteiger partial charge in [0.2, 0.25) is 10.0 Å². The molecule has 0 bridgehead atoms. The fraction of sp³-hybridized carbons (Fsp3) is 0.667. The number of hydrogen-bond acceptors (Lipinski definition) is 5. The molecule has 2 aliphatic heterocycles. The lowest BCUT2D eigenvalue weighted by Gasteiger charge is -2.36. The number of nitrogens with zero attached hydrogens (tertiary/aromatic N) is 4. The van der Waals surface area contributed by atoms with Crippen LogP contribution in [0.5, 0.6) is 0 Å². The summed E-state index contributed by atoms with van der Waals surface area (Å²) in [4.78, 5) is 14.7. The van der Waals surface area contributed by atoms with Crippen LogP contribution in [-0.4, -0.2) is 92.9 Å². The Kier molecular flexibility index (Phi) is 7.97. The fourth-order valence-corrected chi connectivity index (χ4v) is 7.24. The molecule has 180 valence electrons. The van der Waals surface area contributed by atoms with Crippen LogP contribution in [0.15, 0.2) is 29.2 Å². The molecule has 2 aliphatic rings. The number of carbonyl (C=O) groups excluding carboxylic acids is 1. The lowest BCUT2D eigenvalue weighted by atomic mass is 10.0. The summed E-state index contributed by atoms with van der Waals surface area (Å²) in [6, 6.07) is 6.06. The van der Waals surface area contributed by atoms with Crippen molar-refractivity contribution in [3.8, 4) is 0 Å². The largest absolute Gasteiger partial charge is 0.336 e. The second-order valence-corrected chi connectivity index (χ2v) is 12.3. The average Bonchev–Trinajstić information content (AvgIpc) is 2.79. The predicted octanol–water partition coefficient (Wildman–Crippen LogP) is 1.45. The van der Waals surface area contributed by atoms with Crippen molar-refractivity contribution < 1.29 is 21.6 Å². The van der Waals surface area contributed by atoms with Gasteiger partial charge in [0.05, 0.1) is 4.90 Å². The van der Waals surface area contributed by atoms with Crippen LogP contribution < -0.4 is 0 Å². The SMILES string of the molecule is CCN(CC)S(=O)(=O)N1CCN(C(=O)c2ccc(S(=O)(=O)N3CCC(C)CC3)cc2)CC1. The van der Waals surface area contributed by atoms with E-state index in [1.807, 2.05) is 0 Å². The van der Waals surface area contributed by atoms with Crippen LogP contribution in [0.25, 0.3) is 0 Å². The Morgan fingerprint density at radius 1 is 0.875 bits per heavy atom. The molecule has 0 aromatic heterocycles. The van der Waals surface area contributed by atoms with Crippen molar-refractivity contribution in [2.45, 2.75) is 38.5 Å². The van der Waals surface area contributed by atoms with Crippen molar-refractivity contribution in [1.82, 2.24) is 17.8 Å². The van der Waals surface area contributed by atoms with E-state index in [-0.39, 0.29) is 23.9 Å². The molecule has 2 saturated heterocycles. The van der Waals surface area contributed by atoms with Gasteiger partial charge in [-0.1, -0.05) is 20.8 Å². The monoisotopic (exact) mass is 486 g/mol. The molecule has 1 aromatic carbocycles. The Labute approximate surface area is 192 Å². The van der Waals surface area contributed by atoms with Crippen molar-refractivity contribution in [2.24, 2.45) is 5.92 Å². The van der Waals surface area contributed by atoms with Gasteiger partial charge < -0.3 is 4.90 Å². The number of piperidine rings is 1. The summed E-state index contributed by atoms with van der Waals surface area (Å²) in [5.74, 6) is 0.310. The molecule has 1 aromatic rings. The molecule has 0 aliphatic carbocycles. The van der Waals surface area contributed by atoms with E-state index in [0.717, 1.165) is 12.8 Å². The standard InChI is InChI=1S/C21H34N4O5S2/c1-4-23(5-2)32(29,30)25-16-14-22(15-17-25)21(26)19-6-8-20(9-7-19)31(27,28)24-12-10-18(3)11-13-24/h6-9,18H,4-5,10-17H2,1-3H3. The Bertz CT molecular complexity index is 991. The van der Waals surface area contributed by atoms with Crippen molar-refractivity contribution >= 4 is 26.1 Å². The van der Waals surface area contributed by atoms with Gasteiger partial charge in [-0.05, 0) is 43.0 Å². The van der Waals surface area contributed by atoms with E-state index in [4.69, 9.17) is 0 Å². The maximum absolute atomic E-state index is 12.9. The zero-order valence-electron chi connectivity index (χ0n) is 19.1. The van der Waals surface area contributed by atoms with Gasteiger partial charge in [0.1, 0.15) is 0 Å². The molecule has 0 spiro atoms. The summed E-state index contributed by atoms with van der Waals surface area (Å²) in [7, 11) is -7.08. The molecular weight excluding hydrogens is 452 g/mol. The molecule has 0 saturated carbocycles. The molecular formula is C21H34N4O5S2. The van der Waals surface area contributed by atoms with Gasteiger partial charge in [-0.2, -0.15) is 21.3 Å². The first-order chi connectivity index (χ1) is 15.1. The first kappa shape index (κ1) is 25.1.